The molecule has 1 aliphatic carbocycles. The fourth-order valence-electron chi connectivity index (χ4n) is 3.36. The van der Waals surface area contributed by atoms with Gasteiger partial charge in [0.2, 0.25) is 0 Å². The van der Waals surface area contributed by atoms with Crippen LogP contribution in [-0.4, -0.2) is 24.4 Å². The van der Waals surface area contributed by atoms with Crippen LogP contribution in [0, 0.1) is 11.3 Å². The van der Waals surface area contributed by atoms with E-state index in [2.05, 4.69) is 26.1 Å². The Bertz CT molecular complexity index is 441. The molecular formula is C17H27NO2. The van der Waals surface area contributed by atoms with Crippen LogP contribution in [-0.2, 0) is 0 Å². The molecule has 3 heteroatoms. The normalized spacial score (nSPS) is 28.9. The molecule has 0 aromatic heterocycles. The molecule has 0 heterocycles. The molecule has 112 valence electrons. The first-order valence-electron chi connectivity index (χ1n) is 7.44. The maximum Gasteiger partial charge on any atom is 0.119 e. The number of methoxy groups -OCH3 is 1. The third-order valence-corrected chi connectivity index (χ3v) is 4.82. The zero-order valence-corrected chi connectivity index (χ0v) is 13.1. The molecule has 1 saturated carbocycles. The van der Waals surface area contributed by atoms with E-state index < -0.39 is 0 Å². The summed E-state index contributed by atoms with van der Waals surface area (Å²) >= 11 is 0. The molecule has 1 aromatic rings. The summed E-state index contributed by atoms with van der Waals surface area (Å²) in [4.78, 5) is 0. The minimum absolute atomic E-state index is 0.177. The predicted molar refractivity (Wildman–Crippen MR) is 83.2 cm³/mol. The Morgan fingerprint density at radius 1 is 1.25 bits per heavy atom. The number of hydrogen-bond acceptors (Lipinski definition) is 3. The summed E-state index contributed by atoms with van der Waals surface area (Å²) in [5.74, 6) is 1.30. The van der Waals surface area contributed by atoms with E-state index in [0.717, 1.165) is 30.7 Å². The molecule has 2 rings (SSSR count). The van der Waals surface area contributed by atoms with Crippen LogP contribution in [0.4, 0.5) is 5.69 Å². The van der Waals surface area contributed by atoms with E-state index in [0.29, 0.717) is 11.3 Å². The maximum atomic E-state index is 9.96. The predicted octanol–water partition coefficient (Wildman–Crippen LogP) is 3.68. The molecule has 0 saturated heterocycles. The first-order chi connectivity index (χ1) is 9.41. The quantitative estimate of drug-likeness (QED) is 0.882. The zero-order chi connectivity index (χ0) is 14.8. The van der Waals surface area contributed by atoms with Crippen molar-refractivity contribution in [3.05, 3.63) is 24.3 Å². The van der Waals surface area contributed by atoms with Crippen molar-refractivity contribution >= 4 is 5.69 Å². The lowest BCUT2D eigenvalue weighted by atomic mass is 9.64. The van der Waals surface area contributed by atoms with Crippen molar-refractivity contribution in [1.82, 2.24) is 0 Å². The highest BCUT2D eigenvalue weighted by molar-refractivity contribution is 5.49. The summed E-state index contributed by atoms with van der Waals surface area (Å²) in [6, 6.07) is 7.93. The van der Waals surface area contributed by atoms with Gasteiger partial charge in [-0.15, -0.1) is 0 Å². The van der Waals surface area contributed by atoms with Gasteiger partial charge in [0.1, 0.15) is 5.75 Å². The number of rotatable bonds is 4. The minimum atomic E-state index is -0.204. The number of aliphatic hydroxyl groups is 1. The molecule has 0 aliphatic heterocycles. The third-order valence-electron chi connectivity index (χ3n) is 4.82. The van der Waals surface area contributed by atoms with Crippen LogP contribution < -0.4 is 10.1 Å². The van der Waals surface area contributed by atoms with Crippen LogP contribution in [0.2, 0.25) is 0 Å². The number of anilines is 1. The minimum Gasteiger partial charge on any atom is -0.497 e. The molecule has 1 fully saturated rings. The first kappa shape index (κ1) is 15.2. The van der Waals surface area contributed by atoms with Gasteiger partial charge in [-0.25, -0.2) is 0 Å². The van der Waals surface area contributed by atoms with Crippen molar-refractivity contribution in [3.8, 4) is 5.75 Å². The molecular weight excluding hydrogens is 250 g/mol. The number of aliphatic hydroxyl groups excluding tert-OH is 1. The van der Waals surface area contributed by atoms with Gasteiger partial charge in [-0.2, -0.15) is 0 Å². The summed E-state index contributed by atoms with van der Waals surface area (Å²) in [5.41, 5.74) is 1.22. The van der Waals surface area contributed by atoms with Gasteiger partial charge < -0.3 is 15.2 Å². The second kappa shape index (κ2) is 5.65. The average molecular weight is 277 g/mol. The molecule has 0 radical (unpaired) electrons. The molecule has 2 unspecified atom stereocenters. The van der Waals surface area contributed by atoms with Crippen LogP contribution in [0.15, 0.2) is 24.3 Å². The van der Waals surface area contributed by atoms with Crippen LogP contribution in [0.1, 0.15) is 40.0 Å². The Kier molecular flexibility index (Phi) is 4.28. The summed E-state index contributed by atoms with van der Waals surface area (Å²) in [6.07, 6.45) is 3.28. The third kappa shape index (κ3) is 3.09. The van der Waals surface area contributed by atoms with Crippen LogP contribution in [0.3, 0.4) is 0 Å². The number of nitrogens with one attached hydrogen (secondary N) is 1. The van der Waals surface area contributed by atoms with E-state index in [1.807, 2.05) is 24.3 Å². The molecule has 2 N–H and O–H groups in total. The topological polar surface area (TPSA) is 41.5 Å². The summed E-state index contributed by atoms with van der Waals surface area (Å²) in [5, 5.41) is 13.5. The molecule has 3 nitrogen and oxygen atoms in total. The van der Waals surface area contributed by atoms with Gasteiger partial charge in [-0.3, -0.25) is 0 Å². The van der Waals surface area contributed by atoms with Crippen molar-refractivity contribution in [3.63, 3.8) is 0 Å². The van der Waals surface area contributed by atoms with Gasteiger partial charge in [0.15, 0.2) is 0 Å². The zero-order valence-electron chi connectivity index (χ0n) is 13.1. The SMILES string of the molecule is COc1ccc(NC2(CO)CCC(C)(C)CC2C)cc1. The highest BCUT2D eigenvalue weighted by Gasteiger charge is 2.43. The first-order valence-corrected chi connectivity index (χ1v) is 7.44. The standard InChI is InChI=1S/C17H27NO2/c1-13-11-16(2,3)9-10-17(13,12-19)18-14-5-7-15(20-4)8-6-14/h5-8,13,18-19H,9-12H2,1-4H3. The molecule has 0 bridgehead atoms. The smallest absolute Gasteiger partial charge is 0.119 e. The molecule has 2 atom stereocenters. The van der Waals surface area contributed by atoms with Crippen molar-refractivity contribution in [1.29, 1.82) is 0 Å². The van der Waals surface area contributed by atoms with Crippen molar-refractivity contribution < 1.29 is 9.84 Å². The monoisotopic (exact) mass is 277 g/mol. The molecule has 20 heavy (non-hydrogen) atoms. The van der Waals surface area contributed by atoms with E-state index >= 15 is 0 Å². The van der Waals surface area contributed by atoms with E-state index in [-0.39, 0.29) is 12.1 Å². The lowest BCUT2D eigenvalue weighted by Crippen LogP contribution is -2.52. The van der Waals surface area contributed by atoms with Gasteiger partial charge in [-0.05, 0) is 54.9 Å². The number of ether oxygens (including phenoxy) is 1. The van der Waals surface area contributed by atoms with Crippen molar-refractivity contribution in [2.24, 2.45) is 11.3 Å². The Labute approximate surface area is 122 Å². The van der Waals surface area contributed by atoms with Gasteiger partial charge in [0.05, 0.1) is 19.3 Å². The van der Waals surface area contributed by atoms with Gasteiger partial charge in [0.25, 0.3) is 0 Å². The van der Waals surface area contributed by atoms with E-state index in [9.17, 15) is 5.11 Å². The largest absolute Gasteiger partial charge is 0.497 e. The highest BCUT2D eigenvalue weighted by Crippen LogP contribution is 2.45. The lowest BCUT2D eigenvalue weighted by Gasteiger charge is -2.48. The fraction of sp³-hybridized carbons (Fsp3) is 0.647. The maximum absolute atomic E-state index is 9.96. The van der Waals surface area contributed by atoms with Gasteiger partial charge in [0, 0.05) is 5.69 Å². The average Bonchev–Trinajstić information content (AvgIpc) is 2.42. The van der Waals surface area contributed by atoms with Crippen LogP contribution in [0.5, 0.6) is 5.75 Å². The Morgan fingerprint density at radius 3 is 2.40 bits per heavy atom. The second-order valence-electron chi connectivity index (χ2n) is 6.94. The van der Waals surface area contributed by atoms with Gasteiger partial charge >= 0.3 is 0 Å². The fourth-order valence-corrected chi connectivity index (χ4v) is 3.36. The van der Waals surface area contributed by atoms with Crippen LogP contribution in [0.25, 0.3) is 0 Å². The lowest BCUT2D eigenvalue weighted by molar-refractivity contribution is 0.0685. The van der Waals surface area contributed by atoms with Crippen LogP contribution >= 0.6 is 0 Å². The van der Waals surface area contributed by atoms with Crippen molar-refractivity contribution in [2.75, 3.05) is 19.0 Å². The molecule has 1 aromatic carbocycles. The Balaban J connectivity index is 2.15. The van der Waals surface area contributed by atoms with E-state index in [4.69, 9.17) is 4.74 Å². The van der Waals surface area contributed by atoms with Crippen molar-refractivity contribution in [2.45, 2.75) is 45.6 Å². The summed E-state index contributed by atoms with van der Waals surface area (Å²) < 4.78 is 5.18. The van der Waals surface area contributed by atoms with Gasteiger partial charge in [-0.1, -0.05) is 20.8 Å². The van der Waals surface area contributed by atoms with E-state index in [1.165, 1.54) is 0 Å². The number of benzene rings is 1. The highest BCUT2D eigenvalue weighted by atomic mass is 16.5. The molecule has 0 spiro atoms. The molecule has 0 amide bonds. The summed E-state index contributed by atoms with van der Waals surface area (Å²) in [7, 11) is 1.67. The second-order valence-corrected chi connectivity index (χ2v) is 6.94. The summed E-state index contributed by atoms with van der Waals surface area (Å²) in [6.45, 7) is 7.06. The van der Waals surface area contributed by atoms with E-state index in [1.54, 1.807) is 7.11 Å². The molecule has 1 aliphatic rings. The Morgan fingerprint density at radius 2 is 1.90 bits per heavy atom. The Hall–Kier alpha value is -1.22. The number of hydrogen-bond donors (Lipinski definition) is 2.